The molecule has 0 spiro atoms. The molecule has 102 valence electrons. The third-order valence-electron chi connectivity index (χ3n) is 3.42. The van der Waals surface area contributed by atoms with Crippen molar-refractivity contribution in [2.24, 2.45) is 22.8 Å². The van der Waals surface area contributed by atoms with E-state index in [-0.39, 0.29) is 11.8 Å². The molecule has 0 saturated heterocycles. The number of amides is 1. The van der Waals surface area contributed by atoms with Crippen molar-refractivity contribution in [1.29, 1.82) is 0 Å². The Bertz CT molecular complexity index is 409. The van der Waals surface area contributed by atoms with Crippen LogP contribution in [0.1, 0.15) is 39.3 Å². The Hall–Kier alpha value is -1.36. The normalized spacial score (nSPS) is 13.9. The van der Waals surface area contributed by atoms with Crippen LogP contribution in [0, 0.1) is 11.3 Å². The lowest BCUT2D eigenvalue weighted by Crippen LogP contribution is -2.36. The molecular formula is C13H24N4O. The Morgan fingerprint density at radius 2 is 2.11 bits per heavy atom. The van der Waals surface area contributed by atoms with Gasteiger partial charge in [-0.25, -0.2) is 4.98 Å². The maximum absolute atomic E-state index is 11.4. The van der Waals surface area contributed by atoms with Gasteiger partial charge in [0, 0.05) is 30.9 Å². The quantitative estimate of drug-likeness (QED) is 0.794. The molecule has 0 aliphatic carbocycles. The highest BCUT2D eigenvalue weighted by Crippen LogP contribution is 2.26. The summed E-state index contributed by atoms with van der Waals surface area (Å²) in [6.45, 7) is 9.04. The van der Waals surface area contributed by atoms with Gasteiger partial charge in [-0.2, -0.15) is 0 Å². The van der Waals surface area contributed by atoms with Crippen molar-refractivity contribution >= 4 is 5.91 Å². The predicted molar refractivity (Wildman–Crippen MR) is 71.8 cm³/mol. The van der Waals surface area contributed by atoms with Crippen LogP contribution in [-0.4, -0.2) is 22.0 Å². The van der Waals surface area contributed by atoms with Gasteiger partial charge in [0.25, 0.3) is 0 Å². The van der Waals surface area contributed by atoms with Crippen LogP contribution < -0.4 is 11.5 Å². The molecule has 1 heterocycles. The highest BCUT2D eigenvalue weighted by Gasteiger charge is 2.28. The number of carbonyl (C=O) groups is 1. The second-order valence-electron chi connectivity index (χ2n) is 5.78. The van der Waals surface area contributed by atoms with E-state index >= 15 is 0 Å². The zero-order chi connectivity index (χ0) is 13.9. The minimum atomic E-state index is -0.592. The van der Waals surface area contributed by atoms with Crippen molar-refractivity contribution in [3.05, 3.63) is 18.2 Å². The summed E-state index contributed by atoms with van der Waals surface area (Å²) in [4.78, 5) is 15.6. The molecular weight excluding hydrogens is 228 g/mol. The first-order valence-corrected chi connectivity index (χ1v) is 6.29. The van der Waals surface area contributed by atoms with Gasteiger partial charge >= 0.3 is 0 Å². The standard InChI is InChI=1S/C13H24N4O/c1-9(2)10(5-14)11-6-16-8-17(11)7-13(3,4)12(15)18/h6,8-10H,5,7,14H2,1-4H3,(H2,15,18). The predicted octanol–water partition coefficient (Wildman–Crippen LogP) is 1.09. The van der Waals surface area contributed by atoms with Gasteiger partial charge in [0.05, 0.1) is 11.7 Å². The Labute approximate surface area is 109 Å². The maximum Gasteiger partial charge on any atom is 0.224 e. The molecule has 1 aromatic heterocycles. The average molecular weight is 252 g/mol. The van der Waals surface area contributed by atoms with E-state index in [1.807, 2.05) is 24.6 Å². The van der Waals surface area contributed by atoms with Crippen LogP contribution in [0.25, 0.3) is 0 Å². The summed E-state index contributed by atoms with van der Waals surface area (Å²) in [6.07, 6.45) is 3.57. The van der Waals surface area contributed by atoms with E-state index in [0.717, 1.165) is 5.69 Å². The summed E-state index contributed by atoms with van der Waals surface area (Å²) in [5, 5.41) is 0. The molecule has 1 amide bonds. The first-order valence-electron chi connectivity index (χ1n) is 6.29. The van der Waals surface area contributed by atoms with Gasteiger partial charge in [0.15, 0.2) is 0 Å². The largest absolute Gasteiger partial charge is 0.369 e. The molecule has 1 aromatic rings. The highest BCUT2D eigenvalue weighted by atomic mass is 16.1. The summed E-state index contributed by atoms with van der Waals surface area (Å²) in [7, 11) is 0. The zero-order valence-electron chi connectivity index (χ0n) is 11.7. The fraction of sp³-hybridized carbons (Fsp3) is 0.692. The van der Waals surface area contributed by atoms with Crippen molar-refractivity contribution in [3.8, 4) is 0 Å². The third-order valence-corrected chi connectivity index (χ3v) is 3.42. The third kappa shape index (κ3) is 3.10. The molecule has 5 nitrogen and oxygen atoms in total. The molecule has 0 bridgehead atoms. The lowest BCUT2D eigenvalue weighted by atomic mass is 9.90. The number of nitrogens with zero attached hydrogens (tertiary/aromatic N) is 2. The number of primary amides is 1. The molecule has 0 saturated carbocycles. The average Bonchev–Trinajstić information content (AvgIpc) is 2.66. The molecule has 0 aromatic carbocycles. The van der Waals surface area contributed by atoms with Gasteiger partial charge in [-0.15, -0.1) is 0 Å². The van der Waals surface area contributed by atoms with Crippen molar-refractivity contribution in [2.75, 3.05) is 6.54 Å². The summed E-state index contributed by atoms with van der Waals surface area (Å²) in [5.74, 6) is 0.370. The van der Waals surface area contributed by atoms with Crippen LogP contribution in [0.5, 0.6) is 0 Å². The number of imidazole rings is 1. The van der Waals surface area contributed by atoms with Crippen molar-refractivity contribution in [2.45, 2.75) is 40.2 Å². The Kier molecular flexibility index (Phi) is 4.51. The number of rotatable bonds is 6. The smallest absolute Gasteiger partial charge is 0.224 e. The van der Waals surface area contributed by atoms with Gasteiger partial charge in [-0.05, 0) is 19.8 Å². The first-order chi connectivity index (χ1) is 8.29. The van der Waals surface area contributed by atoms with E-state index in [1.54, 1.807) is 6.33 Å². The summed E-state index contributed by atoms with van der Waals surface area (Å²) in [5.41, 5.74) is 11.7. The van der Waals surface area contributed by atoms with Gasteiger partial charge < -0.3 is 16.0 Å². The summed E-state index contributed by atoms with van der Waals surface area (Å²) >= 11 is 0. The summed E-state index contributed by atoms with van der Waals surface area (Å²) in [6, 6.07) is 0. The minimum absolute atomic E-state index is 0.246. The molecule has 0 radical (unpaired) electrons. The van der Waals surface area contributed by atoms with Gasteiger partial charge in [0.2, 0.25) is 5.91 Å². The lowest BCUT2D eigenvalue weighted by molar-refractivity contribution is -0.126. The van der Waals surface area contributed by atoms with Gasteiger partial charge in [-0.3, -0.25) is 4.79 Å². The van der Waals surface area contributed by atoms with Crippen LogP contribution in [0.15, 0.2) is 12.5 Å². The van der Waals surface area contributed by atoms with Crippen LogP contribution in [0.4, 0.5) is 0 Å². The molecule has 1 rings (SSSR count). The molecule has 4 N–H and O–H groups in total. The maximum atomic E-state index is 11.4. The van der Waals surface area contributed by atoms with Crippen molar-refractivity contribution in [1.82, 2.24) is 9.55 Å². The molecule has 1 unspecified atom stereocenters. The van der Waals surface area contributed by atoms with Gasteiger partial charge in [0.1, 0.15) is 0 Å². The number of nitrogens with two attached hydrogens (primary N) is 2. The van der Waals surface area contributed by atoms with E-state index in [2.05, 4.69) is 18.8 Å². The second kappa shape index (κ2) is 5.52. The number of hydrogen-bond donors (Lipinski definition) is 2. The Morgan fingerprint density at radius 1 is 1.50 bits per heavy atom. The van der Waals surface area contributed by atoms with Crippen LogP contribution in [-0.2, 0) is 11.3 Å². The van der Waals surface area contributed by atoms with E-state index in [4.69, 9.17) is 11.5 Å². The highest BCUT2D eigenvalue weighted by molar-refractivity contribution is 5.79. The number of carbonyl (C=O) groups excluding carboxylic acids is 1. The SMILES string of the molecule is CC(C)C(CN)c1cncn1CC(C)(C)C(N)=O. The van der Waals surface area contributed by atoms with E-state index < -0.39 is 5.41 Å². The molecule has 18 heavy (non-hydrogen) atoms. The molecule has 0 aliphatic heterocycles. The summed E-state index contributed by atoms with van der Waals surface area (Å²) < 4.78 is 1.99. The second-order valence-corrected chi connectivity index (χ2v) is 5.78. The molecule has 1 atom stereocenters. The van der Waals surface area contributed by atoms with Crippen molar-refractivity contribution < 1.29 is 4.79 Å². The minimum Gasteiger partial charge on any atom is -0.369 e. The van der Waals surface area contributed by atoms with Crippen LogP contribution in [0.2, 0.25) is 0 Å². The van der Waals surface area contributed by atoms with Crippen molar-refractivity contribution in [3.63, 3.8) is 0 Å². The fourth-order valence-electron chi connectivity index (χ4n) is 2.01. The molecule has 0 aliphatic rings. The van der Waals surface area contributed by atoms with E-state index in [9.17, 15) is 4.79 Å². The molecule has 5 heteroatoms. The van der Waals surface area contributed by atoms with E-state index in [0.29, 0.717) is 19.0 Å². The Balaban J connectivity index is 2.99. The monoisotopic (exact) mass is 252 g/mol. The van der Waals surface area contributed by atoms with E-state index in [1.165, 1.54) is 0 Å². The lowest BCUT2D eigenvalue weighted by Gasteiger charge is -2.26. The van der Waals surface area contributed by atoms with Gasteiger partial charge in [-0.1, -0.05) is 13.8 Å². The van der Waals surface area contributed by atoms with Crippen LogP contribution in [0.3, 0.4) is 0 Å². The fourth-order valence-corrected chi connectivity index (χ4v) is 2.01. The van der Waals surface area contributed by atoms with Crippen LogP contribution >= 0.6 is 0 Å². The number of hydrogen-bond acceptors (Lipinski definition) is 3. The topological polar surface area (TPSA) is 86.9 Å². The molecule has 0 fully saturated rings. The number of aromatic nitrogens is 2. The first kappa shape index (κ1) is 14.7. The zero-order valence-corrected chi connectivity index (χ0v) is 11.7. The Morgan fingerprint density at radius 3 is 2.56 bits per heavy atom.